The Bertz CT molecular complexity index is 385. The number of nitrogens with two attached hydrogens (primary N) is 1. The molecule has 1 atom stereocenters. The van der Waals surface area contributed by atoms with Gasteiger partial charge >= 0.3 is 0 Å². The average Bonchev–Trinajstić information content (AvgIpc) is 3.00. The van der Waals surface area contributed by atoms with Gasteiger partial charge in [0.1, 0.15) is 0 Å². The van der Waals surface area contributed by atoms with Gasteiger partial charge in [-0.15, -0.1) is 11.3 Å². The molecule has 2 N–H and O–H groups in total. The van der Waals surface area contributed by atoms with E-state index in [2.05, 4.69) is 46.1 Å². The molecule has 2 nitrogen and oxygen atoms in total. The molecular formula is C15H25BrN2S. The fourth-order valence-corrected chi connectivity index (χ4v) is 4.90. The minimum atomic E-state index is 0.375. The number of nitrogens with zero attached hydrogens (tertiary/aromatic N) is 1. The third-order valence-corrected chi connectivity index (χ3v) is 5.91. The van der Waals surface area contributed by atoms with E-state index in [9.17, 15) is 0 Å². The molecule has 1 heterocycles. The lowest BCUT2D eigenvalue weighted by Gasteiger charge is -2.37. The summed E-state index contributed by atoms with van der Waals surface area (Å²) in [5.41, 5.74) is 6.12. The number of thiophene rings is 1. The lowest BCUT2D eigenvalue weighted by Crippen LogP contribution is -2.42. The minimum Gasteiger partial charge on any atom is -0.329 e. The van der Waals surface area contributed by atoms with Crippen LogP contribution in [-0.4, -0.2) is 24.0 Å². The lowest BCUT2D eigenvalue weighted by atomic mass is 10.1. The monoisotopic (exact) mass is 344 g/mol. The molecule has 0 amide bonds. The molecule has 108 valence electrons. The van der Waals surface area contributed by atoms with Gasteiger partial charge in [-0.2, -0.15) is 0 Å². The van der Waals surface area contributed by atoms with Crippen LogP contribution in [0.15, 0.2) is 15.9 Å². The van der Waals surface area contributed by atoms with Crippen molar-refractivity contribution in [3.63, 3.8) is 0 Å². The summed E-state index contributed by atoms with van der Waals surface area (Å²) in [4.78, 5) is 4.07. The number of halogens is 1. The van der Waals surface area contributed by atoms with Crippen LogP contribution in [0.2, 0.25) is 0 Å². The highest BCUT2D eigenvalue weighted by atomic mass is 79.9. The first-order valence-corrected chi connectivity index (χ1v) is 8.99. The molecule has 19 heavy (non-hydrogen) atoms. The second-order valence-corrected chi connectivity index (χ2v) is 7.72. The molecule has 1 unspecified atom stereocenters. The van der Waals surface area contributed by atoms with Gasteiger partial charge in [-0.1, -0.05) is 26.7 Å². The summed E-state index contributed by atoms with van der Waals surface area (Å²) in [6.45, 7) is 6.47. The van der Waals surface area contributed by atoms with Crippen molar-refractivity contribution in [2.24, 2.45) is 11.7 Å². The molecule has 1 saturated carbocycles. The van der Waals surface area contributed by atoms with Crippen LogP contribution in [0.5, 0.6) is 0 Å². The van der Waals surface area contributed by atoms with Gasteiger partial charge in [-0.25, -0.2) is 0 Å². The first-order chi connectivity index (χ1) is 9.13. The molecule has 1 aliphatic rings. The fourth-order valence-electron chi connectivity index (χ4n) is 3.12. The van der Waals surface area contributed by atoms with E-state index in [0.717, 1.165) is 12.6 Å². The van der Waals surface area contributed by atoms with Gasteiger partial charge in [-0.3, -0.25) is 4.90 Å². The Morgan fingerprint density at radius 3 is 2.58 bits per heavy atom. The number of hydrogen-bond donors (Lipinski definition) is 1. The molecule has 0 aliphatic heterocycles. The Morgan fingerprint density at radius 2 is 2.11 bits per heavy atom. The van der Waals surface area contributed by atoms with E-state index in [4.69, 9.17) is 5.73 Å². The van der Waals surface area contributed by atoms with E-state index in [0.29, 0.717) is 18.5 Å². The molecule has 4 heteroatoms. The standard InChI is InChI=1S/C15H25BrN2S/c1-11(2)10-18(12-5-3-4-6-12)14(9-17)15-13(16)7-8-19-15/h7-8,11-12,14H,3-6,9-10,17H2,1-2H3. The summed E-state index contributed by atoms with van der Waals surface area (Å²) >= 11 is 5.51. The van der Waals surface area contributed by atoms with Crippen LogP contribution in [0.4, 0.5) is 0 Å². The number of hydrogen-bond acceptors (Lipinski definition) is 3. The minimum absolute atomic E-state index is 0.375. The van der Waals surface area contributed by atoms with Gasteiger partial charge in [0.25, 0.3) is 0 Å². The SMILES string of the molecule is CC(C)CN(C1CCCC1)C(CN)c1sccc1Br. The lowest BCUT2D eigenvalue weighted by molar-refractivity contribution is 0.123. The maximum atomic E-state index is 6.12. The van der Waals surface area contributed by atoms with Gasteiger partial charge in [0.2, 0.25) is 0 Å². The Balaban J connectivity index is 2.21. The van der Waals surface area contributed by atoms with E-state index in [-0.39, 0.29) is 0 Å². The van der Waals surface area contributed by atoms with E-state index < -0.39 is 0 Å². The van der Waals surface area contributed by atoms with Crippen molar-refractivity contribution in [2.45, 2.75) is 51.6 Å². The van der Waals surface area contributed by atoms with Crippen LogP contribution in [-0.2, 0) is 0 Å². The van der Waals surface area contributed by atoms with Crippen molar-refractivity contribution in [3.05, 3.63) is 20.8 Å². The van der Waals surface area contributed by atoms with E-state index in [1.54, 1.807) is 0 Å². The van der Waals surface area contributed by atoms with E-state index >= 15 is 0 Å². The summed E-state index contributed by atoms with van der Waals surface area (Å²) in [6, 6.07) is 3.25. The average molecular weight is 345 g/mol. The Labute approximate surface area is 129 Å². The molecule has 2 rings (SSSR count). The maximum absolute atomic E-state index is 6.12. The van der Waals surface area contributed by atoms with Gasteiger partial charge in [0.05, 0.1) is 6.04 Å². The molecule has 0 radical (unpaired) electrons. The normalized spacial score (nSPS) is 18.6. The van der Waals surface area contributed by atoms with Crippen LogP contribution in [0.25, 0.3) is 0 Å². The van der Waals surface area contributed by atoms with Gasteiger partial charge in [0.15, 0.2) is 0 Å². The highest BCUT2D eigenvalue weighted by molar-refractivity contribution is 9.10. The quantitative estimate of drug-likeness (QED) is 0.827. The molecule has 1 aromatic rings. The third kappa shape index (κ3) is 3.81. The molecule has 1 fully saturated rings. The summed E-state index contributed by atoms with van der Waals surface area (Å²) in [5, 5.41) is 2.16. The summed E-state index contributed by atoms with van der Waals surface area (Å²) in [7, 11) is 0. The molecule has 0 bridgehead atoms. The zero-order valence-corrected chi connectivity index (χ0v) is 14.3. The van der Waals surface area contributed by atoms with Gasteiger partial charge in [0, 0.05) is 28.5 Å². The van der Waals surface area contributed by atoms with Crippen LogP contribution in [0, 0.1) is 5.92 Å². The largest absolute Gasteiger partial charge is 0.329 e. The van der Waals surface area contributed by atoms with Crippen LogP contribution < -0.4 is 5.73 Å². The molecule has 1 aliphatic carbocycles. The second-order valence-electron chi connectivity index (χ2n) is 5.91. The Kier molecular flexibility index (Phi) is 5.87. The van der Waals surface area contributed by atoms with E-state index in [1.165, 1.54) is 35.0 Å². The molecule has 0 spiro atoms. The van der Waals surface area contributed by atoms with Crippen molar-refractivity contribution in [1.29, 1.82) is 0 Å². The van der Waals surface area contributed by atoms with Crippen molar-refractivity contribution in [2.75, 3.05) is 13.1 Å². The molecule has 0 aromatic carbocycles. The predicted octanol–water partition coefficient (Wildman–Crippen LogP) is 4.41. The predicted molar refractivity (Wildman–Crippen MR) is 87.6 cm³/mol. The molecule has 1 aromatic heterocycles. The topological polar surface area (TPSA) is 29.3 Å². The maximum Gasteiger partial charge on any atom is 0.0578 e. The zero-order chi connectivity index (χ0) is 13.8. The van der Waals surface area contributed by atoms with Crippen molar-refractivity contribution in [3.8, 4) is 0 Å². The zero-order valence-electron chi connectivity index (χ0n) is 11.9. The highest BCUT2D eigenvalue weighted by Gasteiger charge is 2.30. The Hall–Kier alpha value is 0.100. The second kappa shape index (κ2) is 7.21. The van der Waals surface area contributed by atoms with Crippen molar-refractivity contribution >= 4 is 27.3 Å². The van der Waals surface area contributed by atoms with Gasteiger partial charge < -0.3 is 5.73 Å². The summed E-state index contributed by atoms with van der Waals surface area (Å²) < 4.78 is 1.22. The highest BCUT2D eigenvalue weighted by Crippen LogP contribution is 2.36. The summed E-state index contributed by atoms with van der Waals surface area (Å²) in [6.07, 6.45) is 5.43. The van der Waals surface area contributed by atoms with Crippen molar-refractivity contribution < 1.29 is 0 Å². The fraction of sp³-hybridized carbons (Fsp3) is 0.733. The summed E-state index contributed by atoms with van der Waals surface area (Å²) in [5.74, 6) is 0.688. The van der Waals surface area contributed by atoms with Crippen LogP contribution >= 0.6 is 27.3 Å². The third-order valence-electron chi connectivity index (χ3n) is 3.94. The molecular weight excluding hydrogens is 320 g/mol. The first-order valence-electron chi connectivity index (χ1n) is 7.32. The molecule has 0 saturated heterocycles. The van der Waals surface area contributed by atoms with Gasteiger partial charge in [-0.05, 0) is 46.1 Å². The first kappa shape index (κ1) is 15.5. The van der Waals surface area contributed by atoms with Crippen molar-refractivity contribution in [1.82, 2.24) is 4.90 Å². The number of rotatable bonds is 6. The smallest absolute Gasteiger partial charge is 0.0578 e. The van der Waals surface area contributed by atoms with Crippen LogP contribution in [0.3, 0.4) is 0 Å². The van der Waals surface area contributed by atoms with Crippen LogP contribution in [0.1, 0.15) is 50.4 Å². The Morgan fingerprint density at radius 1 is 1.42 bits per heavy atom. The van der Waals surface area contributed by atoms with E-state index in [1.807, 2.05) is 11.3 Å².